The van der Waals surface area contributed by atoms with Crippen LogP contribution in [0.25, 0.3) is 0 Å². The minimum absolute atomic E-state index is 0.194. The van der Waals surface area contributed by atoms with Crippen molar-refractivity contribution in [3.63, 3.8) is 0 Å². The van der Waals surface area contributed by atoms with Crippen molar-refractivity contribution in [1.82, 2.24) is 10.2 Å². The Balaban J connectivity index is 1.53. The van der Waals surface area contributed by atoms with Gasteiger partial charge in [-0.3, -0.25) is 0 Å². The summed E-state index contributed by atoms with van der Waals surface area (Å²) in [5.41, 5.74) is 2.97. The number of rotatable bonds is 7. The Morgan fingerprint density at radius 1 is 1.32 bits per heavy atom. The predicted molar refractivity (Wildman–Crippen MR) is 101 cm³/mol. The molecule has 1 saturated heterocycles. The van der Waals surface area contributed by atoms with E-state index in [0.717, 1.165) is 19.4 Å². The van der Waals surface area contributed by atoms with Crippen LogP contribution < -0.4 is 10.1 Å². The third-order valence-corrected chi connectivity index (χ3v) is 6.12. The number of carbonyl (C=O) groups is 1. The molecule has 0 bridgehead atoms. The van der Waals surface area contributed by atoms with E-state index in [2.05, 4.69) is 43.2 Å². The van der Waals surface area contributed by atoms with Crippen molar-refractivity contribution in [2.24, 2.45) is 0 Å². The van der Waals surface area contributed by atoms with Crippen LogP contribution in [0.4, 0.5) is 4.79 Å². The molecule has 1 amide bonds. The van der Waals surface area contributed by atoms with Gasteiger partial charge in [-0.05, 0) is 56.1 Å². The normalized spacial score (nSPS) is 24.8. The Bertz CT molecular complexity index is 616. The molecule has 1 aromatic carbocycles. The average Bonchev–Trinajstić information content (AvgIpc) is 3.04. The zero-order valence-corrected chi connectivity index (χ0v) is 15.9. The number of nitrogens with one attached hydrogen (secondary N) is 1. The van der Waals surface area contributed by atoms with Crippen molar-refractivity contribution in [2.75, 3.05) is 20.1 Å². The van der Waals surface area contributed by atoms with Gasteiger partial charge in [0.05, 0.1) is 0 Å². The minimum atomic E-state index is -0.335. The maximum Gasteiger partial charge on any atom is 0.412 e. The largest absolute Gasteiger partial charge is 0.412 e. The highest BCUT2D eigenvalue weighted by Crippen LogP contribution is 2.48. The molecule has 0 saturated carbocycles. The van der Waals surface area contributed by atoms with Crippen molar-refractivity contribution < 1.29 is 9.53 Å². The number of likely N-dealkylation sites (tertiary alicyclic amines) is 1. The van der Waals surface area contributed by atoms with Crippen molar-refractivity contribution in [3.05, 3.63) is 29.3 Å². The van der Waals surface area contributed by atoms with E-state index in [-0.39, 0.29) is 11.5 Å². The zero-order valence-electron chi connectivity index (χ0n) is 15.9. The molecule has 0 unspecified atom stereocenters. The van der Waals surface area contributed by atoms with Crippen LogP contribution in [0.5, 0.6) is 5.75 Å². The Hall–Kier alpha value is -1.55. The smallest absolute Gasteiger partial charge is 0.410 e. The summed E-state index contributed by atoms with van der Waals surface area (Å²) in [6.07, 6.45) is 7.88. The molecule has 1 aromatic rings. The maximum absolute atomic E-state index is 12.0. The van der Waals surface area contributed by atoms with E-state index in [1.165, 1.54) is 43.2 Å². The first-order valence-electron chi connectivity index (χ1n) is 9.84. The number of nitrogens with zero attached hydrogens (tertiary/aromatic N) is 1. The second-order valence-electron chi connectivity index (χ2n) is 7.92. The molecular formula is C21H32N2O2. The van der Waals surface area contributed by atoms with Crippen molar-refractivity contribution in [1.29, 1.82) is 0 Å². The lowest BCUT2D eigenvalue weighted by molar-refractivity contribution is 0.200. The number of amides is 1. The summed E-state index contributed by atoms with van der Waals surface area (Å²) in [6.45, 7) is 6.40. The van der Waals surface area contributed by atoms with Crippen LogP contribution in [0.3, 0.4) is 0 Å². The molecule has 1 heterocycles. The van der Waals surface area contributed by atoms with E-state index in [0.29, 0.717) is 18.3 Å². The zero-order chi connectivity index (χ0) is 17.9. The summed E-state index contributed by atoms with van der Waals surface area (Å²) in [5.74, 6) is 0.665. The number of benzene rings is 1. The van der Waals surface area contributed by atoms with Crippen LogP contribution in [0.15, 0.2) is 18.2 Å². The fourth-order valence-electron chi connectivity index (χ4n) is 4.51. The summed E-state index contributed by atoms with van der Waals surface area (Å²) in [4.78, 5) is 14.5. The van der Waals surface area contributed by atoms with Gasteiger partial charge in [-0.25, -0.2) is 4.79 Å². The van der Waals surface area contributed by atoms with E-state index in [4.69, 9.17) is 4.74 Å². The lowest BCUT2D eigenvalue weighted by atomic mass is 9.80. The Morgan fingerprint density at radius 3 is 2.92 bits per heavy atom. The molecular weight excluding hydrogens is 312 g/mol. The molecule has 1 fully saturated rings. The van der Waals surface area contributed by atoms with E-state index >= 15 is 0 Å². The molecule has 2 aliphatic rings. The molecule has 138 valence electrons. The Kier molecular flexibility index (Phi) is 5.67. The molecule has 0 aromatic heterocycles. The topological polar surface area (TPSA) is 41.6 Å². The van der Waals surface area contributed by atoms with Gasteiger partial charge in [-0.15, -0.1) is 0 Å². The second-order valence-corrected chi connectivity index (χ2v) is 7.92. The Labute approximate surface area is 151 Å². The predicted octanol–water partition coefficient (Wildman–Crippen LogP) is 4.26. The molecule has 2 atom stereocenters. The summed E-state index contributed by atoms with van der Waals surface area (Å²) in [7, 11) is 2.22. The van der Waals surface area contributed by atoms with Gasteiger partial charge < -0.3 is 15.0 Å². The van der Waals surface area contributed by atoms with Crippen LogP contribution in [0.1, 0.15) is 63.5 Å². The van der Waals surface area contributed by atoms with Gasteiger partial charge in [-0.1, -0.05) is 45.6 Å². The number of unbranched alkanes of at least 4 members (excludes halogenated alkanes) is 4. The number of likely N-dealkylation sites (N-methyl/N-ethyl adjacent to an activating group) is 1. The van der Waals surface area contributed by atoms with Gasteiger partial charge in [0.25, 0.3) is 0 Å². The van der Waals surface area contributed by atoms with Gasteiger partial charge in [0.15, 0.2) is 0 Å². The lowest BCUT2D eigenvalue weighted by Gasteiger charge is -2.27. The van der Waals surface area contributed by atoms with Crippen LogP contribution in [0.2, 0.25) is 0 Å². The molecule has 4 heteroatoms. The monoisotopic (exact) mass is 344 g/mol. The highest BCUT2D eigenvalue weighted by atomic mass is 16.6. The molecule has 4 nitrogen and oxygen atoms in total. The number of hydrogen-bond donors (Lipinski definition) is 1. The lowest BCUT2D eigenvalue weighted by Crippen LogP contribution is -2.35. The summed E-state index contributed by atoms with van der Waals surface area (Å²) >= 11 is 0. The minimum Gasteiger partial charge on any atom is -0.410 e. The SMILES string of the molecule is CCCCCCCNC(=O)Oc1ccc2c(c1)[C@@]1(C)CCN(C)[C@H]1C2. The summed E-state index contributed by atoms with van der Waals surface area (Å²) in [6, 6.07) is 6.74. The number of hydrogen-bond acceptors (Lipinski definition) is 3. The van der Waals surface area contributed by atoms with Gasteiger partial charge in [-0.2, -0.15) is 0 Å². The molecule has 25 heavy (non-hydrogen) atoms. The second kappa shape index (κ2) is 7.77. The van der Waals surface area contributed by atoms with E-state index in [9.17, 15) is 4.79 Å². The van der Waals surface area contributed by atoms with E-state index in [1.54, 1.807) is 0 Å². The average molecular weight is 344 g/mol. The van der Waals surface area contributed by atoms with E-state index < -0.39 is 0 Å². The molecule has 1 aliphatic heterocycles. The first-order chi connectivity index (χ1) is 12.0. The van der Waals surface area contributed by atoms with Crippen molar-refractivity contribution in [3.8, 4) is 5.75 Å². The van der Waals surface area contributed by atoms with Crippen LogP contribution in [0, 0.1) is 0 Å². The first kappa shape index (κ1) is 18.2. The van der Waals surface area contributed by atoms with Gasteiger partial charge >= 0.3 is 6.09 Å². The van der Waals surface area contributed by atoms with Gasteiger partial charge in [0.1, 0.15) is 5.75 Å². The quantitative estimate of drug-likeness (QED) is 0.751. The fraction of sp³-hybridized carbons (Fsp3) is 0.667. The van der Waals surface area contributed by atoms with Gasteiger partial charge in [0.2, 0.25) is 0 Å². The number of ether oxygens (including phenoxy) is 1. The van der Waals surface area contributed by atoms with E-state index in [1.807, 2.05) is 6.07 Å². The van der Waals surface area contributed by atoms with Crippen LogP contribution in [-0.4, -0.2) is 37.2 Å². The first-order valence-corrected chi connectivity index (χ1v) is 9.84. The highest BCUT2D eigenvalue weighted by molar-refractivity contribution is 5.70. The molecule has 0 radical (unpaired) electrons. The maximum atomic E-state index is 12.0. The Morgan fingerprint density at radius 2 is 2.12 bits per heavy atom. The third-order valence-electron chi connectivity index (χ3n) is 6.12. The fourth-order valence-corrected chi connectivity index (χ4v) is 4.51. The third kappa shape index (κ3) is 3.84. The number of fused-ring (bicyclic) bond motifs is 3. The summed E-state index contributed by atoms with van der Waals surface area (Å²) in [5, 5.41) is 2.87. The van der Waals surface area contributed by atoms with Crippen LogP contribution in [-0.2, 0) is 11.8 Å². The molecule has 0 spiro atoms. The number of carbonyl (C=O) groups excluding carboxylic acids is 1. The van der Waals surface area contributed by atoms with Crippen molar-refractivity contribution in [2.45, 2.75) is 70.3 Å². The molecule has 1 N–H and O–H groups in total. The highest BCUT2D eigenvalue weighted by Gasteiger charge is 2.49. The van der Waals surface area contributed by atoms with Gasteiger partial charge in [0, 0.05) is 18.0 Å². The van der Waals surface area contributed by atoms with Crippen molar-refractivity contribution >= 4 is 6.09 Å². The standard InChI is InChI=1S/C21H32N2O2/c1-4-5-6-7-8-12-22-20(24)25-17-10-9-16-14-19-21(2,18(16)15-17)11-13-23(19)3/h9-10,15,19H,4-8,11-14H2,1-3H3,(H,22,24)/t19-,21+/m0/s1. The molecule has 1 aliphatic carbocycles. The van der Waals surface area contributed by atoms with Crippen LogP contribution >= 0.6 is 0 Å². The molecule has 3 rings (SSSR count). The summed E-state index contributed by atoms with van der Waals surface area (Å²) < 4.78 is 5.52.